The Morgan fingerprint density at radius 1 is 1.29 bits per heavy atom. The Morgan fingerprint density at radius 2 is 1.86 bits per heavy atom. The molecule has 3 N–H and O–H groups in total. The Morgan fingerprint density at radius 3 is 2.29 bits per heavy atom. The van der Waals surface area contributed by atoms with Crippen LogP contribution in [0, 0.1) is 5.41 Å². The van der Waals surface area contributed by atoms with E-state index in [9.17, 15) is 27.6 Å². The standard InChI is InChI=1S/C12H13F3N2O4/c1-11(2,10(20)21)5-16-8(18)6-3-4-7(12(13,14)15)17-9(6)19/h3-4H,5H2,1-2H3,(H,16,18)(H,17,19)(H,20,21). The first kappa shape index (κ1) is 16.7. The third-order valence-corrected chi connectivity index (χ3v) is 2.73. The molecule has 6 nitrogen and oxygen atoms in total. The summed E-state index contributed by atoms with van der Waals surface area (Å²) in [6, 6.07) is 1.31. The predicted octanol–water partition coefficient (Wildman–Crippen LogP) is 1.23. The van der Waals surface area contributed by atoms with Crippen LogP contribution in [0.15, 0.2) is 16.9 Å². The molecule has 0 fully saturated rings. The van der Waals surface area contributed by atoms with E-state index in [1.165, 1.54) is 13.8 Å². The number of hydrogen-bond donors (Lipinski definition) is 3. The second-order valence-electron chi connectivity index (χ2n) is 4.98. The molecule has 0 saturated carbocycles. The van der Waals surface area contributed by atoms with Gasteiger partial charge in [0.1, 0.15) is 11.3 Å². The first-order valence-electron chi connectivity index (χ1n) is 5.77. The number of hydrogen-bond acceptors (Lipinski definition) is 3. The fourth-order valence-corrected chi connectivity index (χ4v) is 1.29. The van der Waals surface area contributed by atoms with Crippen molar-refractivity contribution < 1.29 is 27.9 Å². The fourth-order valence-electron chi connectivity index (χ4n) is 1.29. The van der Waals surface area contributed by atoms with Crippen LogP contribution in [-0.4, -0.2) is 28.5 Å². The number of carboxylic acid groups (broad SMARTS) is 1. The summed E-state index contributed by atoms with van der Waals surface area (Å²) < 4.78 is 37.1. The van der Waals surface area contributed by atoms with Crippen LogP contribution >= 0.6 is 0 Å². The second kappa shape index (κ2) is 5.58. The van der Waals surface area contributed by atoms with Crippen LogP contribution in [0.3, 0.4) is 0 Å². The minimum absolute atomic E-state index is 0.276. The van der Waals surface area contributed by atoms with Gasteiger partial charge in [-0.3, -0.25) is 14.4 Å². The Labute approximate surface area is 117 Å². The first-order valence-corrected chi connectivity index (χ1v) is 5.77. The summed E-state index contributed by atoms with van der Waals surface area (Å²) in [5.74, 6) is -2.11. The van der Waals surface area contributed by atoms with E-state index in [2.05, 4.69) is 5.32 Å². The molecule has 0 spiro atoms. The SMILES string of the molecule is CC(C)(CNC(=O)c1ccc(C(F)(F)F)[nH]c1=O)C(=O)O. The quantitative estimate of drug-likeness (QED) is 0.779. The molecular formula is C12H13F3N2O4. The number of alkyl halides is 3. The average molecular weight is 306 g/mol. The van der Waals surface area contributed by atoms with Gasteiger partial charge in [0.15, 0.2) is 0 Å². The molecule has 0 unspecified atom stereocenters. The molecule has 1 aromatic rings. The lowest BCUT2D eigenvalue weighted by Gasteiger charge is -2.19. The van der Waals surface area contributed by atoms with Crippen molar-refractivity contribution in [1.29, 1.82) is 0 Å². The van der Waals surface area contributed by atoms with Crippen LogP contribution in [0.1, 0.15) is 29.9 Å². The van der Waals surface area contributed by atoms with Crippen molar-refractivity contribution in [3.8, 4) is 0 Å². The zero-order chi connectivity index (χ0) is 16.4. The van der Waals surface area contributed by atoms with Gasteiger partial charge in [0, 0.05) is 6.54 Å². The highest BCUT2D eigenvalue weighted by atomic mass is 19.4. The molecule has 1 aromatic heterocycles. The van der Waals surface area contributed by atoms with Crippen LogP contribution in [0.4, 0.5) is 13.2 Å². The number of amides is 1. The van der Waals surface area contributed by atoms with Crippen LogP contribution in [-0.2, 0) is 11.0 Å². The van der Waals surface area contributed by atoms with Crippen molar-refractivity contribution in [2.45, 2.75) is 20.0 Å². The van der Waals surface area contributed by atoms with Crippen LogP contribution in [0.25, 0.3) is 0 Å². The third kappa shape index (κ3) is 4.07. The van der Waals surface area contributed by atoms with Gasteiger partial charge in [-0.25, -0.2) is 0 Å². The molecule has 0 saturated heterocycles. The van der Waals surface area contributed by atoms with Gasteiger partial charge in [-0.15, -0.1) is 0 Å². The van der Waals surface area contributed by atoms with Gasteiger partial charge < -0.3 is 15.4 Å². The molecule has 0 aliphatic rings. The average Bonchev–Trinajstić information content (AvgIpc) is 2.34. The zero-order valence-corrected chi connectivity index (χ0v) is 11.2. The Balaban J connectivity index is 2.90. The topological polar surface area (TPSA) is 99.3 Å². The summed E-state index contributed by atoms with van der Waals surface area (Å²) in [5.41, 5.74) is -4.26. The lowest BCUT2D eigenvalue weighted by molar-refractivity contribution is -0.146. The Hall–Kier alpha value is -2.32. The van der Waals surface area contributed by atoms with E-state index >= 15 is 0 Å². The fraction of sp³-hybridized carbons (Fsp3) is 0.417. The molecule has 1 heterocycles. The molecule has 116 valence electrons. The first-order chi connectivity index (χ1) is 9.45. The zero-order valence-electron chi connectivity index (χ0n) is 11.2. The van der Waals surface area contributed by atoms with E-state index in [4.69, 9.17) is 5.11 Å². The van der Waals surface area contributed by atoms with Gasteiger partial charge in [-0.1, -0.05) is 0 Å². The van der Waals surface area contributed by atoms with Crippen LogP contribution in [0.2, 0.25) is 0 Å². The number of aliphatic carboxylic acids is 1. The third-order valence-electron chi connectivity index (χ3n) is 2.73. The minimum Gasteiger partial charge on any atom is -0.481 e. The summed E-state index contributed by atoms with van der Waals surface area (Å²) in [6.07, 6.45) is -4.72. The number of aromatic amines is 1. The van der Waals surface area contributed by atoms with Crippen molar-refractivity contribution in [2.24, 2.45) is 5.41 Å². The van der Waals surface area contributed by atoms with Gasteiger partial charge in [0.2, 0.25) is 0 Å². The van der Waals surface area contributed by atoms with E-state index in [0.717, 1.165) is 6.07 Å². The molecule has 9 heteroatoms. The largest absolute Gasteiger partial charge is 0.481 e. The highest BCUT2D eigenvalue weighted by Crippen LogP contribution is 2.26. The van der Waals surface area contributed by atoms with E-state index in [1.807, 2.05) is 0 Å². The molecule has 0 atom stereocenters. The van der Waals surface area contributed by atoms with Gasteiger partial charge in [0.25, 0.3) is 11.5 Å². The predicted molar refractivity (Wildman–Crippen MR) is 65.8 cm³/mol. The number of pyridine rings is 1. The summed E-state index contributed by atoms with van der Waals surface area (Å²) in [5, 5.41) is 11.1. The Kier molecular flexibility index (Phi) is 4.45. The number of carboxylic acids is 1. The summed E-state index contributed by atoms with van der Waals surface area (Å²) in [7, 11) is 0. The monoisotopic (exact) mass is 306 g/mol. The van der Waals surface area contributed by atoms with Gasteiger partial charge in [-0.05, 0) is 26.0 Å². The molecular weight excluding hydrogens is 293 g/mol. The van der Waals surface area contributed by atoms with Gasteiger partial charge >= 0.3 is 12.1 Å². The number of aromatic nitrogens is 1. The van der Waals surface area contributed by atoms with E-state index in [1.54, 1.807) is 4.98 Å². The Bertz CT molecular complexity index is 620. The molecule has 1 amide bonds. The van der Waals surface area contributed by atoms with Crippen molar-refractivity contribution >= 4 is 11.9 Å². The van der Waals surface area contributed by atoms with Crippen molar-refractivity contribution in [3.05, 3.63) is 33.7 Å². The maximum Gasteiger partial charge on any atom is 0.431 e. The number of carbonyl (C=O) groups excluding carboxylic acids is 1. The summed E-state index contributed by atoms with van der Waals surface area (Å²) in [4.78, 5) is 35.6. The molecule has 0 radical (unpaired) electrons. The van der Waals surface area contributed by atoms with Crippen molar-refractivity contribution in [3.63, 3.8) is 0 Å². The smallest absolute Gasteiger partial charge is 0.431 e. The van der Waals surface area contributed by atoms with E-state index in [-0.39, 0.29) is 6.54 Å². The van der Waals surface area contributed by atoms with Crippen molar-refractivity contribution in [2.75, 3.05) is 6.54 Å². The van der Waals surface area contributed by atoms with Crippen LogP contribution in [0.5, 0.6) is 0 Å². The van der Waals surface area contributed by atoms with E-state index in [0.29, 0.717) is 6.07 Å². The van der Waals surface area contributed by atoms with Crippen molar-refractivity contribution in [1.82, 2.24) is 10.3 Å². The van der Waals surface area contributed by atoms with E-state index < -0.39 is 40.3 Å². The lowest BCUT2D eigenvalue weighted by atomic mass is 9.94. The maximum atomic E-state index is 12.4. The van der Waals surface area contributed by atoms with Crippen LogP contribution < -0.4 is 10.9 Å². The van der Waals surface area contributed by atoms with Gasteiger partial charge in [-0.2, -0.15) is 13.2 Å². The maximum absolute atomic E-state index is 12.4. The molecule has 1 rings (SSSR count). The summed E-state index contributed by atoms with van der Waals surface area (Å²) in [6.45, 7) is 2.43. The van der Waals surface area contributed by atoms with Gasteiger partial charge in [0.05, 0.1) is 5.41 Å². The molecule has 0 aliphatic carbocycles. The number of nitrogens with one attached hydrogen (secondary N) is 2. The number of halogens is 3. The highest BCUT2D eigenvalue weighted by Gasteiger charge is 2.32. The lowest BCUT2D eigenvalue weighted by Crippen LogP contribution is -2.40. The highest BCUT2D eigenvalue weighted by molar-refractivity contribution is 5.94. The second-order valence-corrected chi connectivity index (χ2v) is 4.98. The number of carbonyl (C=O) groups is 2. The molecule has 0 aromatic carbocycles. The molecule has 0 bridgehead atoms. The molecule has 0 aliphatic heterocycles. The number of H-pyrrole nitrogens is 1. The molecule has 21 heavy (non-hydrogen) atoms. The summed E-state index contributed by atoms with van der Waals surface area (Å²) >= 11 is 0. The number of rotatable bonds is 4. The normalized spacial score (nSPS) is 12.0. The minimum atomic E-state index is -4.72.